The molecule has 2 aromatic rings. The fourth-order valence-corrected chi connectivity index (χ4v) is 2.43. The van der Waals surface area contributed by atoms with E-state index in [1.807, 2.05) is 24.4 Å². The Morgan fingerprint density at radius 1 is 1.41 bits per heavy atom. The molecule has 1 amide bonds. The molecule has 2 rings (SSSR count). The Morgan fingerprint density at radius 2 is 2.23 bits per heavy atom. The maximum absolute atomic E-state index is 11.8. The van der Waals surface area contributed by atoms with Crippen LogP contribution in [0, 0.1) is 12.8 Å². The fourth-order valence-electron chi connectivity index (χ4n) is 1.73. The van der Waals surface area contributed by atoms with E-state index < -0.39 is 0 Å². The summed E-state index contributed by atoms with van der Waals surface area (Å²) in [6, 6.07) is 3.79. The lowest BCUT2D eigenvalue weighted by molar-refractivity contribution is -0.120. The number of thiazole rings is 1. The topological polar surface area (TPSA) is 64.1 Å². The van der Waals surface area contributed by atoms with Crippen molar-refractivity contribution in [2.75, 3.05) is 6.54 Å². The van der Waals surface area contributed by atoms with Gasteiger partial charge in [0.05, 0.1) is 18.3 Å². The summed E-state index contributed by atoms with van der Waals surface area (Å²) < 4.78 is 5.63. The van der Waals surface area contributed by atoms with Gasteiger partial charge in [-0.1, -0.05) is 13.8 Å². The van der Waals surface area contributed by atoms with Crippen molar-refractivity contribution in [1.82, 2.24) is 15.3 Å². The summed E-state index contributed by atoms with van der Waals surface area (Å²) in [6.07, 6.45) is 2.01. The number of nitrogens with zero attached hydrogens (tertiary/aromatic N) is 2. The molecule has 0 unspecified atom stereocenters. The number of nitrogens with one attached hydrogen (secondary N) is 1. The van der Waals surface area contributed by atoms with Crippen LogP contribution in [-0.2, 0) is 17.8 Å². The molecule has 0 aliphatic heterocycles. The molecule has 0 radical (unpaired) electrons. The summed E-state index contributed by atoms with van der Waals surface area (Å²) in [6.45, 7) is 7.15. The molecule has 22 heavy (non-hydrogen) atoms. The van der Waals surface area contributed by atoms with Crippen molar-refractivity contribution in [3.63, 3.8) is 0 Å². The minimum Gasteiger partial charge on any atom is -0.485 e. The number of ether oxygens (including phenoxy) is 1. The first-order valence-electron chi connectivity index (χ1n) is 7.28. The third kappa shape index (κ3) is 5.44. The molecule has 0 spiro atoms. The van der Waals surface area contributed by atoms with Crippen LogP contribution < -0.4 is 10.1 Å². The second kappa shape index (κ2) is 7.89. The Balaban J connectivity index is 1.81. The highest BCUT2D eigenvalue weighted by Gasteiger charge is 2.08. The normalized spacial score (nSPS) is 10.7. The van der Waals surface area contributed by atoms with Gasteiger partial charge in [-0.3, -0.25) is 9.78 Å². The van der Waals surface area contributed by atoms with Gasteiger partial charge in [-0.15, -0.1) is 11.3 Å². The molecule has 1 N–H and O–H groups in total. The van der Waals surface area contributed by atoms with Crippen molar-refractivity contribution < 1.29 is 9.53 Å². The third-order valence-electron chi connectivity index (χ3n) is 2.90. The van der Waals surface area contributed by atoms with E-state index >= 15 is 0 Å². The molecule has 2 aromatic heterocycles. The Morgan fingerprint density at radius 3 is 2.91 bits per heavy atom. The van der Waals surface area contributed by atoms with Crippen molar-refractivity contribution >= 4 is 17.2 Å². The van der Waals surface area contributed by atoms with Crippen LogP contribution >= 0.6 is 11.3 Å². The van der Waals surface area contributed by atoms with Crippen LogP contribution in [0.2, 0.25) is 0 Å². The molecular weight excluding hydrogens is 298 g/mol. The highest BCUT2D eigenvalue weighted by Crippen LogP contribution is 2.15. The summed E-state index contributed by atoms with van der Waals surface area (Å²) in [5, 5.41) is 5.65. The minimum absolute atomic E-state index is 0.00852. The third-order valence-corrected chi connectivity index (χ3v) is 3.77. The van der Waals surface area contributed by atoms with Crippen LogP contribution in [0.4, 0.5) is 0 Å². The maximum Gasteiger partial charge on any atom is 0.226 e. The molecule has 0 aromatic carbocycles. The summed E-state index contributed by atoms with van der Waals surface area (Å²) in [7, 11) is 0. The number of hydrogen-bond donors (Lipinski definition) is 1. The van der Waals surface area contributed by atoms with Gasteiger partial charge < -0.3 is 10.1 Å². The predicted octanol–water partition coefficient (Wildman–Crippen LogP) is 2.74. The Bertz CT molecular complexity index is 608. The number of carbonyl (C=O) groups excluding carboxylic acids is 1. The molecule has 0 bridgehead atoms. The van der Waals surface area contributed by atoms with Crippen molar-refractivity contribution in [2.24, 2.45) is 5.92 Å². The monoisotopic (exact) mass is 319 g/mol. The second-order valence-corrected chi connectivity index (χ2v) is 6.47. The summed E-state index contributed by atoms with van der Waals surface area (Å²) in [5.41, 5.74) is 1.74. The molecule has 2 heterocycles. The SMILES string of the molecule is Cc1ccc(OCc2nc(CC(=O)NCC(C)C)cs2)cn1. The van der Waals surface area contributed by atoms with Gasteiger partial charge in [0.25, 0.3) is 0 Å². The average Bonchev–Trinajstić information content (AvgIpc) is 2.92. The van der Waals surface area contributed by atoms with Gasteiger partial charge in [-0.05, 0) is 25.0 Å². The van der Waals surface area contributed by atoms with Crippen molar-refractivity contribution in [3.05, 3.63) is 40.1 Å². The van der Waals surface area contributed by atoms with Crippen molar-refractivity contribution in [3.8, 4) is 5.75 Å². The van der Waals surface area contributed by atoms with E-state index in [1.165, 1.54) is 11.3 Å². The van der Waals surface area contributed by atoms with Gasteiger partial charge in [0.15, 0.2) is 0 Å². The Kier molecular flexibility index (Phi) is 5.89. The van der Waals surface area contributed by atoms with Gasteiger partial charge in [-0.25, -0.2) is 4.98 Å². The molecule has 0 saturated carbocycles. The van der Waals surface area contributed by atoms with E-state index in [2.05, 4.69) is 29.1 Å². The van der Waals surface area contributed by atoms with Crippen LogP contribution in [0.25, 0.3) is 0 Å². The van der Waals surface area contributed by atoms with E-state index in [-0.39, 0.29) is 5.91 Å². The zero-order valence-corrected chi connectivity index (χ0v) is 13.9. The summed E-state index contributed by atoms with van der Waals surface area (Å²) in [4.78, 5) is 20.3. The van der Waals surface area contributed by atoms with Crippen LogP contribution in [0.15, 0.2) is 23.7 Å². The molecule has 118 valence electrons. The molecule has 0 fully saturated rings. The second-order valence-electron chi connectivity index (χ2n) is 5.53. The number of hydrogen-bond acceptors (Lipinski definition) is 5. The van der Waals surface area contributed by atoms with Crippen LogP contribution in [0.1, 0.15) is 30.2 Å². The molecule has 0 aliphatic carbocycles. The van der Waals surface area contributed by atoms with Gasteiger partial charge in [0.2, 0.25) is 5.91 Å². The molecule has 0 saturated heterocycles. The molecule has 0 atom stereocenters. The fraction of sp³-hybridized carbons (Fsp3) is 0.438. The van der Waals surface area contributed by atoms with Crippen LogP contribution in [0.3, 0.4) is 0 Å². The van der Waals surface area contributed by atoms with Gasteiger partial charge in [-0.2, -0.15) is 0 Å². The summed E-state index contributed by atoms with van der Waals surface area (Å²) in [5.74, 6) is 1.18. The van der Waals surface area contributed by atoms with E-state index in [0.29, 0.717) is 25.5 Å². The molecule has 6 heteroatoms. The Labute approximate surface area is 134 Å². The van der Waals surface area contributed by atoms with Crippen LogP contribution in [-0.4, -0.2) is 22.4 Å². The Hall–Kier alpha value is -1.95. The minimum atomic E-state index is 0.00852. The molecule has 5 nitrogen and oxygen atoms in total. The van der Waals surface area contributed by atoms with Crippen molar-refractivity contribution in [2.45, 2.75) is 33.8 Å². The van der Waals surface area contributed by atoms with E-state index in [4.69, 9.17) is 4.74 Å². The largest absolute Gasteiger partial charge is 0.485 e. The number of amides is 1. The number of aromatic nitrogens is 2. The summed E-state index contributed by atoms with van der Waals surface area (Å²) >= 11 is 1.50. The standard InChI is InChI=1S/C16H21N3O2S/c1-11(2)7-18-15(20)6-13-10-22-16(19-13)9-21-14-5-4-12(3)17-8-14/h4-5,8,10-11H,6-7,9H2,1-3H3,(H,18,20). The highest BCUT2D eigenvalue weighted by molar-refractivity contribution is 7.09. The first-order chi connectivity index (χ1) is 10.5. The van der Waals surface area contributed by atoms with E-state index in [1.54, 1.807) is 6.20 Å². The van der Waals surface area contributed by atoms with E-state index in [9.17, 15) is 4.79 Å². The quantitative estimate of drug-likeness (QED) is 0.852. The van der Waals surface area contributed by atoms with Crippen molar-refractivity contribution in [1.29, 1.82) is 0 Å². The number of pyridine rings is 1. The lowest BCUT2D eigenvalue weighted by atomic mass is 10.2. The molecule has 0 aliphatic rings. The van der Waals surface area contributed by atoms with Gasteiger partial charge >= 0.3 is 0 Å². The highest BCUT2D eigenvalue weighted by atomic mass is 32.1. The van der Waals surface area contributed by atoms with Gasteiger partial charge in [0, 0.05) is 17.6 Å². The number of carbonyl (C=O) groups is 1. The average molecular weight is 319 g/mol. The maximum atomic E-state index is 11.8. The smallest absolute Gasteiger partial charge is 0.226 e. The number of rotatable bonds is 7. The lowest BCUT2D eigenvalue weighted by Crippen LogP contribution is -2.28. The molecular formula is C16H21N3O2S. The number of aryl methyl sites for hydroxylation is 1. The first-order valence-corrected chi connectivity index (χ1v) is 8.16. The van der Waals surface area contributed by atoms with Gasteiger partial charge in [0.1, 0.15) is 17.4 Å². The van der Waals surface area contributed by atoms with E-state index in [0.717, 1.165) is 22.1 Å². The zero-order valence-electron chi connectivity index (χ0n) is 13.1. The zero-order chi connectivity index (χ0) is 15.9. The lowest BCUT2D eigenvalue weighted by Gasteiger charge is -2.06. The predicted molar refractivity (Wildman–Crippen MR) is 87.0 cm³/mol. The van der Waals surface area contributed by atoms with Crippen LogP contribution in [0.5, 0.6) is 5.75 Å². The first kappa shape index (κ1) is 16.4.